The Morgan fingerprint density at radius 1 is 1.46 bits per heavy atom. The van der Waals surface area contributed by atoms with Gasteiger partial charge < -0.3 is 15.2 Å². The van der Waals surface area contributed by atoms with Crippen molar-refractivity contribution >= 4 is 11.7 Å². The van der Waals surface area contributed by atoms with Crippen LogP contribution in [0.3, 0.4) is 0 Å². The van der Waals surface area contributed by atoms with E-state index in [0.717, 1.165) is 25.9 Å². The van der Waals surface area contributed by atoms with Crippen LogP contribution in [0.4, 0.5) is 5.69 Å². The van der Waals surface area contributed by atoms with Crippen molar-refractivity contribution in [2.24, 2.45) is 11.8 Å². The van der Waals surface area contributed by atoms with Crippen LogP contribution in [0.5, 0.6) is 0 Å². The van der Waals surface area contributed by atoms with Crippen LogP contribution in [-0.4, -0.2) is 54.4 Å². The van der Waals surface area contributed by atoms with E-state index in [1.165, 1.54) is 23.7 Å². The highest BCUT2D eigenvalue weighted by molar-refractivity contribution is 5.67. The van der Waals surface area contributed by atoms with Gasteiger partial charge in [-0.15, -0.1) is 0 Å². The number of piperidine rings is 1. The lowest BCUT2D eigenvalue weighted by Crippen LogP contribution is -2.62. The summed E-state index contributed by atoms with van der Waals surface area (Å²) in [5.41, 5.74) is 4.11. The summed E-state index contributed by atoms with van der Waals surface area (Å²) in [6, 6.07) is 9.51. The van der Waals surface area contributed by atoms with Crippen molar-refractivity contribution < 1.29 is 14.6 Å². The summed E-state index contributed by atoms with van der Waals surface area (Å²) in [6.07, 6.45) is 4.21. The second-order valence-electron chi connectivity index (χ2n) is 8.21. The van der Waals surface area contributed by atoms with Crippen LogP contribution >= 0.6 is 0 Å². The van der Waals surface area contributed by atoms with Crippen LogP contribution in [0.25, 0.3) is 0 Å². The molecule has 5 heteroatoms. The Kier molecular flexibility index (Phi) is 3.66. The summed E-state index contributed by atoms with van der Waals surface area (Å²) >= 11 is 0. The lowest BCUT2D eigenvalue weighted by molar-refractivity contribution is -0.144. The number of rotatable bonds is 3. The minimum absolute atomic E-state index is 0.0775. The largest absolute Gasteiger partial charge is 0.465 e. The minimum Gasteiger partial charge on any atom is -0.465 e. The van der Waals surface area contributed by atoms with E-state index in [1.54, 1.807) is 0 Å². The number of nitrogens with zero attached hydrogens (tertiary/aromatic N) is 1. The third kappa shape index (κ3) is 2.07. The van der Waals surface area contributed by atoms with Crippen molar-refractivity contribution in [1.82, 2.24) is 4.90 Å². The quantitative estimate of drug-likeness (QED) is 0.642. The molecule has 1 spiro atoms. The van der Waals surface area contributed by atoms with Crippen LogP contribution in [0.2, 0.25) is 0 Å². The molecule has 1 aromatic rings. The fourth-order valence-electron chi connectivity index (χ4n) is 6.36. The molecule has 1 saturated carbocycles. The first-order chi connectivity index (χ1) is 12.6. The first kappa shape index (κ1) is 16.3. The predicted molar refractivity (Wildman–Crippen MR) is 98.9 cm³/mol. The molecular weight excluding hydrogens is 328 g/mol. The van der Waals surface area contributed by atoms with E-state index < -0.39 is 0 Å². The number of esters is 1. The van der Waals surface area contributed by atoms with Crippen LogP contribution in [0.1, 0.15) is 25.3 Å². The molecule has 138 valence electrons. The first-order valence-corrected chi connectivity index (χ1v) is 9.68. The van der Waals surface area contributed by atoms with Gasteiger partial charge in [-0.25, -0.2) is 0 Å². The number of hydrogen-bond acceptors (Lipinski definition) is 5. The van der Waals surface area contributed by atoms with E-state index in [9.17, 15) is 9.90 Å². The van der Waals surface area contributed by atoms with Crippen molar-refractivity contribution in [2.45, 2.75) is 37.3 Å². The number of nitrogens with one attached hydrogen (secondary N) is 1. The number of anilines is 1. The molecule has 26 heavy (non-hydrogen) atoms. The van der Waals surface area contributed by atoms with E-state index in [2.05, 4.69) is 34.5 Å². The number of ether oxygens (including phenoxy) is 1. The maximum Gasteiger partial charge on any atom is 0.302 e. The van der Waals surface area contributed by atoms with E-state index in [-0.39, 0.29) is 30.0 Å². The van der Waals surface area contributed by atoms with Gasteiger partial charge in [-0.05, 0) is 36.9 Å². The molecule has 1 aromatic carbocycles. The molecule has 1 aliphatic carbocycles. The molecular formula is C21H26N2O3. The number of aliphatic hydroxyl groups is 1. The number of carbonyl (C=O) groups excluding carboxylic acids is 1. The lowest BCUT2D eigenvalue weighted by atomic mass is 9.56. The molecule has 0 amide bonds. The molecule has 3 aliphatic heterocycles. The molecule has 0 radical (unpaired) electrons. The van der Waals surface area contributed by atoms with Gasteiger partial charge in [-0.3, -0.25) is 9.69 Å². The maximum atomic E-state index is 11.5. The van der Waals surface area contributed by atoms with E-state index in [1.807, 2.05) is 6.08 Å². The Bertz CT molecular complexity index is 776. The molecule has 2 bridgehead atoms. The Hall–Kier alpha value is -1.85. The molecule has 0 aromatic heterocycles. The fraction of sp³-hybridized carbons (Fsp3) is 0.571. The highest BCUT2D eigenvalue weighted by Crippen LogP contribution is 2.61. The summed E-state index contributed by atoms with van der Waals surface area (Å²) in [7, 11) is 0. The van der Waals surface area contributed by atoms with Crippen molar-refractivity contribution in [2.75, 3.05) is 31.6 Å². The number of fused-ring (bicyclic) bond motifs is 2. The number of para-hydroxylation sites is 1. The number of aliphatic hydroxyl groups excluding tert-OH is 1. The average molecular weight is 354 g/mol. The third-order valence-corrected chi connectivity index (χ3v) is 7.26. The minimum atomic E-state index is -0.215. The summed E-state index contributed by atoms with van der Waals surface area (Å²) in [5, 5.41) is 13.3. The van der Waals surface area contributed by atoms with Gasteiger partial charge in [0.25, 0.3) is 0 Å². The molecule has 5 atom stereocenters. The zero-order valence-electron chi connectivity index (χ0n) is 15.1. The number of carbonyl (C=O) groups is 1. The topological polar surface area (TPSA) is 61.8 Å². The van der Waals surface area contributed by atoms with Crippen LogP contribution in [0, 0.1) is 11.8 Å². The van der Waals surface area contributed by atoms with Gasteiger partial charge in [0.1, 0.15) is 0 Å². The zero-order valence-corrected chi connectivity index (χ0v) is 15.1. The molecule has 5 nitrogen and oxygen atoms in total. The van der Waals surface area contributed by atoms with Crippen molar-refractivity contribution in [3.63, 3.8) is 0 Å². The van der Waals surface area contributed by atoms with Gasteiger partial charge in [0.2, 0.25) is 0 Å². The lowest BCUT2D eigenvalue weighted by Gasteiger charge is -2.54. The predicted octanol–water partition coefficient (Wildman–Crippen LogP) is 1.92. The van der Waals surface area contributed by atoms with E-state index in [4.69, 9.17) is 4.74 Å². The Morgan fingerprint density at radius 2 is 2.31 bits per heavy atom. The summed E-state index contributed by atoms with van der Waals surface area (Å²) in [4.78, 5) is 14.1. The Labute approximate surface area is 154 Å². The zero-order chi connectivity index (χ0) is 17.9. The van der Waals surface area contributed by atoms with Crippen molar-refractivity contribution in [3.8, 4) is 0 Å². The molecule has 3 fully saturated rings. The molecule has 4 aliphatic rings. The monoisotopic (exact) mass is 354 g/mol. The van der Waals surface area contributed by atoms with Crippen LogP contribution in [-0.2, 0) is 14.9 Å². The molecule has 5 unspecified atom stereocenters. The highest BCUT2D eigenvalue weighted by Gasteiger charge is 2.65. The molecule has 5 rings (SSSR count). The van der Waals surface area contributed by atoms with Gasteiger partial charge in [-0.2, -0.15) is 0 Å². The van der Waals surface area contributed by atoms with Gasteiger partial charge in [-0.1, -0.05) is 29.8 Å². The Morgan fingerprint density at radius 3 is 3.12 bits per heavy atom. The number of hydrogen-bond donors (Lipinski definition) is 2. The normalized spacial score (nSPS) is 38.6. The van der Waals surface area contributed by atoms with Gasteiger partial charge in [0, 0.05) is 42.6 Å². The fourth-order valence-corrected chi connectivity index (χ4v) is 6.36. The van der Waals surface area contributed by atoms with Crippen LogP contribution < -0.4 is 5.32 Å². The summed E-state index contributed by atoms with van der Waals surface area (Å²) in [5.74, 6) is 0.384. The van der Waals surface area contributed by atoms with Gasteiger partial charge in [0.05, 0.1) is 13.2 Å². The number of benzene rings is 1. The Balaban J connectivity index is 1.61. The van der Waals surface area contributed by atoms with Gasteiger partial charge in [0.15, 0.2) is 0 Å². The average Bonchev–Trinajstić information content (AvgIpc) is 3.18. The van der Waals surface area contributed by atoms with Crippen LogP contribution in [0.15, 0.2) is 35.9 Å². The van der Waals surface area contributed by atoms with Crippen molar-refractivity contribution in [3.05, 3.63) is 41.5 Å². The second-order valence-corrected chi connectivity index (χ2v) is 8.21. The third-order valence-electron chi connectivity index (χ3n) is 7.26. The summed E-state index contributed by atoms with van der Waals surface area (Å²) < 4.78 is 5.53. The maximum absolute atomic E-state index is 11.5. The molecule has 2 saturated heterocycles. The highest BCUT2D eigenvalue weighted by atomic mass is 16.5. The first-order valence-electron chi connectivity index (χ1n) is 9.68. The summed E-state index contributed by atoms with van der Waals surface area (Å²) in [6.45, 7) is 4.04. The van der Waals surface area contributed by atoms with Crippen molar-refractivity contribution in [1.29, 1.82) is 0 Å². The smallest absolute Gasteiger partial charge is 0.302 e. The van der Waals surface area contributed by atoms with Gasteiger partial charge >= 0.3 is 5.97 Å². The standard InChI is InChI=1S/C21H26N2O3/c1-13(25)26-12-16-15-10-19-21(7-8-23(19)11-14(15)6-9-24)17-4-2-3-5-18(17)22-20(16)21/h2-6,15-16,19-20,22,24H,7-12H2,1H3. The van der Waals surface area contributed by atoms with E-state index in [0.29, 0.717) is 18.6 Å². The molecule has 3 heterocycles. The second kappa shape index (κ2) is 5.83. The SMILES string of the molecule is CC(=O)OCC1C2CC3N(CCC34c3ccccc3NC14)CC2=CCO. The van der Waals surface area contributed by atoms with E-state index >= 15 is 0 Å². The molecule has 2 N–H and O–H groups in total.